The lowest BCUT2D eigenvalue weighted by molar-refractivity contribution is -0.114. The number of carbonyl (C=O) groups excluding carboxylic acids is 2. The highest BCUT2D eigenvalue weighted by atomic mass is 32.2. The van der Waals surface area contributed by atoms with Crippen LogP contribution in [0.4, 0.5) is 24.5 Å². The van der Waals surface area contributed by atoms with Crippen LogP contribution in [-0.4, -0.2) is 30.2 Å². The standard InChI is InChI=1S/C18H17F3N2O2S/c1-12(24)13-6-2-3-7-14(13)23-17(25)10-22-15-8-4-5-9-16(15)26-11-18(19,20)21/h2-9,22H,10-11H2,1H3,(H,23,25). The third kappa shape index (κ3) is 6.11. The van der Waals surface area contributed by atoms with Gasteiger partial charge < -0.3 is 10.6 Å². The molecule has 4 nitrogen and oxygen atoms in total. The molecule has 0 aromatic heterocycles. The van der Waals surface area contributed by atoms with Gasteiger partial charge in [-0.15, -0.1) is 11.8 Å². The van der Waals surface area contributed by atoms with Gasteiger partial charge in [-0.3, -0.25) is 9.59 Å². The van der Waals surface area contributed by atoms with Crippen LogP contribution < -0.4 is 10.6 Å². The van der Waals surface area contributed by atoms with E-state index >= 15 is 0 Å². The van der Waals surface area contributed by atoms with Crippen LogP contribution in [0.3, 0.4) is 0 Å². The molecule has 138 valence electrons. The molecular formula is C18H17F3N2O2S. The van der Waals surface area contributed by atoms with E-state index < -0.39 is 17.8 Å². The second kappa shape index (κ2) is 8.75. The molecule has 0 saturated carbocycles. The summed E-state index contributed by atoms with van der Waals surface area (Å²) in [5.41, 5.74) is 1.23. The van der Waals surface area contributed by atoms with Crippen molar-refractivity contribution in [1.82, 2.24) is 0 Å². The smallest absolute Gasteiger partial charge is 0.375 e. The molecule has 2 N–H and O–H groups in total. The lowest BCUT2D eigenvalue weighted by Crippen LogP contribution is -2.23. The van der Waals surface area contributed by atoms with Crippen molar-refractivity contribution in [2.75, 3.05) is 22.9 Å². The molecule has 2 aromatic carbocycles. The number of hydrogen-bond donors (Lipinski definition) is 2. The first-order chi connectivity index (χ1) is 12.3. The molecule has 0 radical (unpaired) electrons. The van der Waals surface area contributed by atoms with Crippen LogP contribution in [0, 0.1) is 0 Å². The van der Waals surface area contributed by atoms with Crippen molar-refractivity contribution in [2.24, 2.45) is 0 Å². The molecule has 0 fully saturated rings. The Morgan fingerprint density at radius 3 is 2.27 bits per heavy atom. The molecule has 0 atom stereocenters. The summed E-state index contributed by atoms with van der Waals surface area (Å²) in [6.45, 7) is 1.26. The minimum absolute atomic E-state index is 0.143. The number of para-hydroxylation sites is 2. The van der Waals surface area contributed by atoms with Gasteiger partial charge in [0, 0.05) is 16.1 Å². The number of thioether (sulfide) groups is 1. The third-order valence-corrected chi connectivity index (χ3v) is 4.44. The topological polar surface area (TPSA) is 58.2 Å². The van der Waals surface area contributed by atoms with E-state index in [-0.39, 0.29) is 12.3 Å². The Hall–Kier alpha value is -2.48. The van der Waals surface area contributed by atoms with Gasteiger partial charge in [0.25, 0.3) is 0 Å². The van der Waals surface area contributed by atoms with Gasteiger partial charge in [0.15, 0.2) is 5.78 Å². The number of carbonyl (C=O) groups is 2. The molecule has 26 heavy (non-hydrogen) atoms. The van der Waals surface area contributed by atoms with E-state index in [0.29, 0.717) is 33.6 Å². The first kappa shape index (κ1) is 19.8. The molecule has 0 aliphatic heterocycles. The predicted molar refractivity (Wildman–Crippen MR) is 96.8 cm³/mol. The number of benzene rings is 2. The first-order valence-corrected chi connectivity index (χ1v) is 8.67. The van der Waals surface area contributed by atoms with Crippen molar-refractivity contribution in [3.63, 3.8) is 0 Å². The fourth-order valence-corrected chi connectivity index (χ4v) is 2.96. The monoisotopic (exact) mass is 382 g/mol. The Morgan fingerprint density at radius 2 is 1.62 bits per heavy atom. The Labute approximate surface area is 153 Å². The van der Waals surface area contributed by atoms with Crippen molar-refractivity contribution < 1.29 is 22.8 Å². The van der Waals surface area contributed by atoms with Crippen molar-refractivity contribution in [3.05, 3.63) is 54.1 Å². The largest absolute Gasteiger partial charge is 0.398 e. The van der Waals surface area contributed by atoms with Crippen molar-refractivity contribution in [1.29, 1.82) is 0 Å². The fourth-order valence-electron chi connectivity index (χ4n) is 2.17. The van der Waals surface area contributed by atoms with Gasteiger partial charge in [0.2, 0.25) is 5.91 Å². The zero-order valence-electron chi connectivity index (χ0n) is 13.9. The quantitative estimate of drug-likeness (QED) is 0.543. The maximum atomic E-state index is 12.4. The second-order valence-electron chi connectivity index (χ2n) is 5.40. The summed E-state index contributed by atoms with van der Waals surface area (Å²) in [7, 11) is 0. The highest BCUT2D eigenvalue weighted by Gasteiger charge is 2.27. The summed E-state index contributed by atoms with van der Waals surface area (Å²) >= 11 is 0.652. The van der Waals surface area contributed by atoms with Crippen LogP contribution >= 0.6 is 11.8 Å². The Morgan fingerprint density at radius 1 is 1.00 bits per heavy atom. The summed E-state index contributed by atoms with van der Waals surface area (Å²) in [5, 5.41) is 5.46. The third-order valence-electron chi connectivity index (χ3n) is 3.30. The molecule has 0 saturated heterocycles. The summed E-state index contributed by atoms with van der Waals surface area (Å²) in [6, 6.07) is 13.1. The van der Waals surface area contributed by atoms with E-state index in [0.717, 1.165) is 0 Å². The van der Waals surface area contributed by atoms with Crippen molar-refractivity contribution in [3.8, 4) is 0 Å². The zero-order valence-corrected chi connectivity index (χ0v) is 14.7. The lowest BCUT2D eigenvalue weighted by atomic mass is 10.1. The number of rotatable bonds is 7. The Kier molecular flexibility index (Phi) is 6.68. The van der Waals surface area contributed by atoms with E-state index in [2.05, 4.69) is 10.6 Å². The van der Waals surface area contributed by atoms with E-state index in [1.54, 1.807) is 48.5 Å². The van der Waals surface area contributed by atoms with Crippen LogP contribution in [0.15, 0.2) is 53.4 Å². The number of ketones is 1. The molecule has 8 heteroatoms. The number of amides is 1. The number of halogens is 3. The second-order valence-corrected chi connectivity index (χ2v) is 6.42. The summed E-state index contributed by atoms with van der Waals surface area (Å²) in [6.07, 6.45) is -4.27. The van der Waals surface area contributed by atoms with Gasteiger partial charge in [-0.1, -0.05) is 24.3 Å². The molecule has 0 unspecified atom stereocenters. The Bertz CT molecular complexity index is 794. The summed E-state index contributed by atoms with van der Waals surface area (Å²) in [5.74, 6) is -1.60. The average molecular weight is 382 g/mol. The van der Waals surface area contributed by atoms with Crippen molar-refractivity contribution >= 4 is 34.8 Å². The minimum atomic E-state index is -4.27. The molecular weight excluding hydrogens is 365 g/mol. The van der Waals surface area contributed by atoms with Gasteiger partial charge >= 0.3 is 6.18 Å². The summed E-state index contributed by atoms with van der Waals surface area (Å²) in [4.78, 5) is 24.1. The maximum Gasteiger partial charge on any atom is 0.398 e. The number of hydrogen-bond acceptors (Lipinski definition) is 4. The molecule has 2 aromatic rings. The van der Waals surface area contributed by atoms with Gasteiger partial charge in [-0.05, 0) is 31.2 Å². The van der Waals surface area contributed by atoms with Gasteiger partial charge in [0.05, 0.1) is 18.0 Å². The van der Waals surface area contributed by atoms with Crippen LogP contribution in [-0.2, 0) is 4.79 Å². The van der Waals surface area contributed by atoms with Crippen LogP contribution in [0.2, 0.25) is 0 Å². The van der Waals surface area contributed by atoms with E-state index in [4.69, 9.17) is 0 Å². The maximum absolute atomic E-state index is 12.4. The van der Waals surface area contributed by atoms with Crippen molar-refractivity contribution in [2.45, 2.75) is 18.0 Å². The SMILES string of the molecule is CC(=O)c1ccccc1NC(=O)CNc1ccccc1SCC(F)(F)F. The normalized spacial score (nSPS) is 11.1. The van der Waals surface area contributed by atoms with E-state index in [9.17, 15) is 22.8 Å². The number of nitrogens with one attached hydrogen (secondary N) is 2. The molecule has 0 spiro atoms. The van der Waals surface area contributed by atoms with Crippen LogP contribution in [0.25, 0.3) is 0 Å². The highest BCUT2D eigenvalue weighted by Crippen LogP contribution is 2.32. The van der Waals surface area contributed by atoms with Gasteiger partial charge in [-0.2, -0.15) is 13.2 Å². The predicted octanol–water partition coefficient (Wildman–Crippen LogP) is 4.59. The van der Waals surface area contributed by atoms with Crippen LogP contribution in [0.1, 0.15) is 17.3 Å². The number of alkyl halides is 3. The number of Topliss-reactive ketones (excluding diaryl/α,β-unsaturated/α-hetero) is 1. The highest BCUT2D eigenvalue weighted by molar-refractivity contribution is 7.99. The first-order valence-electron chi connectivity index (χ1n) is 7.68. The molecule has 0 bridgehead atoms. The molecule has 2 rings (SSSR count). The average Bonchev–Trinajstić information content (AvgIpc) is 2.58. The van der Waals surface area contributed by atoms with E-state index in [1.807, 2.05) is 0 Å². The molecule has 0 aliphatic rings. The van der Waals surface area contributed by atoms with Crippen LogP contribution in [0.5, 0.6) is 0 Å². The summed E-state index contributed by atoms with van der Waals surface area (Å²) < 4.78 is 37.2. The number of anilines is 2. The zero-order chi connectivity index (χ0) is 19.2. The molecule has 0 aliphatic carbocycles. The lowest BCUT2D eigenvalue weighted by Gasteiger charge is -2.13. The van der Waals surface area contributed by atoms with Gasteiger partial charge in [-0.25, -0.2) is 0 Å². The Balaban J connectivity index is 1.99. The fraction of sp³-hybridized carbons (Fsp3) is 0.222. The minimum Gasteiger partial charge on any atom is -0.375 e. The van der Waals surface area contributed by atoms with E-state index in [1.165, 1.54) is 6.92 Å². The van der Waals surface area contributed by atoms with Gasteiger partial charge in [0.1, 0.15) is 0 Å². The molecule has 1 amide bonds. The molecule has 0 heterocycles.